The van der Waals surface area contributed by atoms with Gasteiger partial charge in [-0.3, -0.25) is 9.89 Å². The Balaban J connectivity index is 0.00000420. The average Bonchev–Trinajstić information content (AvgIpc) is 2.76. The topological polar surface area (TPSA) is 67.4 Å². The molecule has 2 rings (SSSR count). The van der Waals surface area contributed by atoms with Crippen LogP contribution in [0.3, 0.4) is 0 Å². The number of nitrogens with zero attached hydrogens (tertiary/aromatic N) is 2. The summed E-state index contributed by atoms with van der Waals surface area (Å²) in [6.45, 7) is 9.01. The number of hydrogen-bond acceptors (Lipinski definition) is 5. The van der Waals surface area contributed by atoms with Gasteiger partial charge in [-0.25, -0.2) is 0 Å². The number of halogens is 1. The van der Waals surface area contributed by atoms with Crippen LogP contribution in [0.5, 0.6) is 11.5 Å². The number of rotatable bonds is 9. The van der Waals surface area contributed by atoms with Crippen molar-refractivity contribution in [2.45, 2.75) is 32.7 Å². The Morgan fingerprint density at radius 1 is 1.14 bits per heavy atom. The Morgan fingerprint density at radius 2 is 1.79 bits per heavy atom. The summed E-state index contributed by atoms with van der Waals surface area (Å²) in [6, 6.07) is 6.21. The molecule has 0 aromatic heterocycles. The lowest BCUT2D eigenvalue weighted by molar-refractivity contribution is 0.00277. The van der Waals surface area contributed by atoms with Crippen LogP contribution in [0.15, 0.2) is 23.2 Å². The van der Waals surface area contributed by atoms with E-state index in [1.54, 1.807) is 21.3 Å². The van der Waals surface area contributed by atoms with Gasteiger partial charge in [-0.15, -0.1) is 24.0 Å². The van der Waals surface area contributed by atoms with E-state index in [-0.39, 0.29) is 24.0 Å². The van der Waals surface area contributed by atoms with Crippen molar-refractivity contribution in [1.82, 2.24) is 10.2 Å². The molecule has 0 spiro atoms. The van der Waals surface area contributed by atoms with E-state index in [2.05, 4.69) is 34.4 Å². The van der Waals surface area contributed by atoms with Crippen LogP contribution in [-0.4, -0.2) is 71.0 Å². The molecule has 2 N–H and O–H groups in total. The van der Waals surface area contributed by atoms with E-state index >= 15 is 0 Å². The Morgan fingerprint density at radius 3 is 2.34 bits per heavy atom. The second-order valence-electron chi connectivity index (χ2n) is 6.94. The van der Waals surface area contributed by atoms with Crippen LogP contribution in [0.2, 0.25) is 0 Å². The van der Waals surface area contributed by atoms with Gasteiger partial charge >= 0.3 is 0 Å². The normalized spacial score (nSPS) is 16.1. The maximum Gasteiger partial charge on any atom is 0.195 e. The number of guanidine groups is 1. The first-order chi connectivity index (χ1) is 13.7. The van der Waals surface area contributed by atoms with Gasteiger partial charge in [0, 0.05) is 44.5 Å². The average molecular weight is 520 g/mol. The zero-order valence-electron chi connectivity index (χ0n) is 18.4. The first kappa shape index (κ1) is 25.8. The molecular weight excluding hydrogens is 483 g/mol. The van der Waals surface area contributed by atoms with Crippen molar-refractivity contribution in [1.29, 1.82) is 0 Å². The summed E-state index contributed by atoms with van der Waals surface area (Å²) in [5.41, 5.74) is 0.899. The van der Waals surface area contributed by atoms with Crippen LogP contribution in [0.1, 0.15) is 26.7 Å². The van der Waals surface area contributed by atoms with Gasteiger partial charge in [-0.2, -0.15) is 0 Å². The number of nitrogens with one attached hydrogen (secondary N) is 2. The number of aliphatic imine (C=N–C) groups is 1. The molecule has 1 aliphatic rings. The second-order valence-corrected chi connectivity index (χ2v) is 6.94. The van der Waals surface area contributed by atoms with Gasteiger partial charge in [0.1, 0.15) is 0 Å². The summed E-state index contributed by atoms with van der Waals surface area (Å²) in [5.74, 6) is 2.78. The molecular formula is C21H37IN4O3. The fourth-order valence-corrected chi connectivity index (χ4v) is 3.77. The van der Waals surface area contributed by atoms with Gasteiger partial charge < -0.3 is 24.8 Å². The Hall–Kier alpha value is -1.26. The number of morpholine rings is 1. The van der Waals surface area contributed by atoms with Crippen molar-refractivity contribution in [2.75, 3.05) is 59.4 Å². The van der Waals surface area contributed by atoms with Crippen LogP contribution in [0.25, 0.3) is 0 Å². The number of benzene rings is 1. The Kier molecular flexibility index (Phi) is 12.3. The lowest BCUT2D eigenvalue weighted by atomic mass is 9.92. The summed E-state index contributed by atoms with van der Waals surface area (Å²) in [6.07, 6.45) is 2.34. The zero-order chi connectivity index (χ0) is 20.4. The summed E-state index contributed by atoms with van der Waals surface area (Å²) >= 11 is 0. The minimum atomic E-state index is 0. The first-order valence-electron chi connectivity index (χ1n) is 10.2. The smallest absolute Gasteiger partial charge is 0.195 e. The van der Waals surface area contributed by atoms with E-state index in [0.717, 1.165) is 44.5 Å². The van der Waals surface area contributed by atoms with E-state index in [1.807, 2.05) is 18.2 Å². The predicted molar refractivity (Wildman–Crippen MR) is 130 cm³/mol. The van der Waals surface area contributed by atoms with Crippen molar-refractivity contribution in [2.24, 2.45) is 10.9 Å². The number of anilines is 1. The maximum atomic E-state index is 5.54. The van der Waals surface area contributed by atoms with Crippen LogP contribution < -0.4 is 20.1 Å². The van der Waals surface area contributed by atoms with Gasteiger partial charge in [-0.1, -0.05) is 26.7 Å². The van der Waals surface area contributed by atoms with Crippen molar-refractivity contribution in [3.05, 3.63) is 18.2 Å². The molecule has 1 aromatic carbocycles. The van der Waals surface area contributed by atoms with E-state index < -0.39 is 0 Å². The lowest BCUT2D eigenvalue weighted by Crippen LogP contribution is -2.52. The standard InChI is InChI=1S/C21H36N4O3.HI/c1-6-16(7-2)18(25-10-12-28-13-11-25)15-23-21(22-3)24-17-8-9-19(26-4)20(14-17)27-5;/h8-9,14,16,18H,6-7,10-13,15H2,1-5H3,(H2,22,23,24);1H. The van der Waals surface area contributed by atoms with Crippen molar-refractivity contribution in [3.8, 4) is 11.5 Å². The van der Waals surface area contributed by atoms with Crippen LogP contribution >= 0.6 is 24.0 Å². The van der Waals surface area contributed by atoms with E-state index in [9.17, 15) is 0 Å². The molecule has 29 heavy (non-hydrogen) atoms. The highest BCUT2D eigenvalue weighted by Crippen LogP contribution is 2.29. The molecule has 0 radical (unpaired) electrons. The monoisotopic (exact) mass is 520 g/mol. The summed E-state index contributed by atoms with van der Waals surface area (Å²) in [7, 11) is 5.06. The van der Waals surface area contributed by atoms with Crippen LogP contribution in [-0.2, 0) is 4.74 Å². The second kappa shape index (κ2) is 13.9. The largest absolute Gasteiger partial charge is 0.493 e. The number of ether oxygens (including phenoxy) is 3. The van der Waals surface area contributed by atoms with E-state index in [1.165, 1.54) is 12.8 Å². The Bertz CT molecular complexity index is 620. The van der Waals surface area contributed by atoms with Crippen molar-refractivity contribution >= 4 is 35.6 Å². The fraction of sp³-hybridized carbons (Fsp3) is 0.667. The molecule has 7 nitrogen and oxygen atoms in total. The first-order valence-corrected chi connectivity index (χ1v) is 10.2. The fourth-order valence-electron chi connectivity index (χ4n) is 3.77. The molecule has 1 saturated heterocycles. The molecule has 0 aliphatic carbocycles. The van der Waals surface area contributed by atoms with Gasteiger partial charge in [0.25, 0.3) is 0 Å². The molecule has 0 amide bonds. The van der Waals surface area contributed by atoms with E-state index in [4.69, 9.17) is 14.2 Å². The quantitative estimate of drug-likeness (QED) is 0.296. The molecule has 1 atom stereocenters. The molecule has 1 fully saturated rings. The van der Waals surface area contributed by atoms with Gasteiger partial charge in [0.05, 0.1) is 27.4 Å². The minimum Gasteiger partial charge on any atom is -0.493 e. The molecule has 1 heterocycles. The molecule has 1 unspecified atom stereocenters. The summed E-state index contributed by atoms with van der Waals surface area (Å²) < 4.78 is 16.2. The highest BCUT2D eigenvalue weighted by Gasteiger charge is 2.27. The minimum absolute atomic E-state index is 0. The molecule has 1 aliphatic heterocycles. The SMILES string of the molecule is CCC(CC)C(CNC(=NC)Nc1ccc(OC)c(OC)c1)N1CCOCC1.I. The van der Waals surface area contributed by atoms with Crippen LogP contribution in [0.4, 0.5) is 5.69 Å². The van der Waals surface area contributed by atoms with Crippen LogP contribution in [0, 0.1) is 5.92 Å². The maximum absolute atomic E-state index is 5.54. The predicted octanol–water partition coefficient (Wildman–Crippen LogP) is 3.45. The highest BCUT2D eigenvalue weighted by molar-refractivity contribution is 14.0. The third kappa shape index (κ3) is 7.49. The molecule has 1 aromatic rings. The third-order valence-electron chi connectivity index (χ3n) is 5.46. The summed E-state index contributed by atoms with van der Waals surface area (Å²) in [5, 5.41) is 6.86. The van der Waals surface area contributed by atoms with E-state index in [0.29, 0.717) is 23.5 Å². The molecule has 8 heteroatoms. The van der Waals surface area contributed by atoms with Gasteiger partial charge in [0.15, 0.2) is 17.5 Å². The number of methoxy groups -OCH3 is 2. The van der Waals surface area contributed by atoms with Gasteiger partial charge in [0.2, 0.25) is 0 Å². The summed E-state index contributed by atoms with van der Waals surface area (Å²) in [4.78, 5) is 6.94. The lowest BCUT2D eigenvalue weighted by Gasteiger charge is -2.39. The van der Waals surface area contributed by atoms with Crippen molar-refractivity contribution < 1.29 is 14.2 Å². The zero-order valence-corrected chi connectivity index (χ0v) is 20.7. The molecule has 0 bridgehead atoms. The molecule has 166 valence electrons. The van der Waals surface area contributed by atoms with Crippen molar-refractivity contribution in [3.63, 3.8) is 0 Å². The molecule has 0 saturated carbocycles. The Labute approximate surface area is 192 Å². The third-order valence-corrected chi connectivity index (χ3v) is 5.46. The number of hydrogen-bond donors (Lipinski definition) is 2. The van der Waals surface area contributed by atoms with Gasteiger partial charge in [-0.05, 0) is 18.1 Å². The highest BCUT2D eigenvalue weighted by atomic mass is 127.